The van der Waals surface area contributed by atoms with Crippen LogP contribution < -0.4 is 17.2 Å². The van der Waals surface area contributed by atoms with Crippen molar-refractivity contribution >= 4 is 17.6 Å². The molecule has 0 bridgehead atoms. The summed E-state index contributed by atoms with van der Waals surface area (Å²) in [5.41, 5.74) is 15.4. The molecule has 74 valence electrons. The Bertz CT molecular complexity index is 238. The van der Waals surface area contributed by atoms with Crippen molar-refractivity contribution in [1.82, 2.24) is 0 Å². The van der Waals surface area contributed by atoms with Crippen LogP contribution in [0.2, 0.25) is 0 Å². The smallest absolute Gasteiger partial charge is 0.374 e. The van der Waals surface area contributed by atoms with E-state index >= 15 is 0 Å². The number of carboxylic acid groups (broad SMARTS) is 1. The molecule has 1 atom stereocenters. The molecule has 0 fully saturated rings. The molecule has 0 rings (SSSR count). The summed E-state index contributed by atoms with van der Waals surface area (Å²) >= 11 is 0. The second-order valence-corrected chi connectivity index (χ2v) is 2.25. The lowest BCUT2D eigenvalue weighted by atomic mass is 10.2. The molecule has 0 aromatic heterocycles. The molecular formula is C6H12N4O3. The first-order valence-corrected chi connectivity index (χ1v) is 3.52. The summed E-state index contributed by atoms with van der Waals surface area (Å²) < 4.78 is 0. The minimum atomic E-state index is -1.58. The Labute approximate surface area is 74.6 Å². The Hall–Kier alpha value is -1.47. The minimum absolute atomic E-state index is 0.00468. The van der Waals surface area contributed by atoms with Crippen molar-refractivity contribution in [2.45, 2.75) is 6.04 Å². The lowest BCUT2D eigenvalue weighted by molar-refractivity contribution is -0.149. The predicted octanol–water partition coefficient (Wildman–Crippen LogP) is -2.72. The fourth-order valence-electron chi connectivity index (χ4n) is 0.614. The topological polar surface area (TPSA) is 145 Å². The number of Topliss-reactive ketones (excluding diaryl/α,β-unsaturated/α-hetero) is 1. The van der Waals surface area contributed by atoms with Crippen LogP contribution in [0.5, 0.6) is 0 Å². The van der Waals surface area contributed by atoms with Crippen molar-refractivity contribution < 1.29 is 14.7 Å². The van der Waals surface area contributed by atoms with Gasteiger partial charge in [0.15, 0.2) is 0 Å². The zero-order chi connectivity index (χ0) is 10.4. The van der Waals surface area contributed by atoms with Gasteiger partial charge in [-0.2, -0.15) is 0 Å². The SMILES string of the molecule is NCC(N)=NC(CN)C(=O)C(=O)O. The predicted molar refractivity (Wildman–Crippen MR) is 46.2 cm³/mol. The number of nitrogens with two attached hydrogens (primary N) is 3. The largest absolute Gasteiger partial charge is 0.475 e. The molecule has 0 saturated heterocycles. The van der Waals surface area contributed by atoms with Crippen molar-refractivity contribution in [2.24, 2.45) is 22.2 Å². The highest BCUT2D eigenvalue weighted by Gasteiger charge is 2.22. The fourth-order valence-corrected chi connectivity index (χ4v) is 0.614. The number of rotatable bonds is 5. The second kappa shape index (κ2) is 5.22. The van der Waals surface area contributed by atoms with Gasteiger partial charge in [-0.05, 0) is 0 Å². The third-order valence-corrected chi connectivity index (χ3v) is 1.27. The number of nitrogens with zero attached hydrogens (tertiary/aromatic N) is 1. The minimum Gasteiger partial charge on any atom is -0.475 e. The Balaban J connectivity index is 4.52. The van der Waals surface area contributed by atoms with Crippen LogP contribution in [-0.4, -0.2) is 41.8 Å². The summed E-state index contributed by atoms with van der Waals surface area (Å²) in [6, 6.07) is -1.14. The number of aliphatic imine (C=N–C) groups is 1. The summed E-state index contributed by atoms with van der Waals surface area (Å²) in [5.74, 6) is -2.66. The molecule has 1 unspecified atom stereocenters. The summed E-state index contributed by atoms with van der Waals surface area (Å²) in [7, 11) is 0. The lowest BCUT2D eigenvalue weighted by Gasteiger charge is -2.05. The second-order valence-electron chi connectivity index (χ2n) is 2.25. The van der Waals surface area contributed by atoms with Crippen LogP contribution in [0.1, 0.15) is 0 Å². The third-order valence-electron chi connectivity index (χ3n) is 1.27. The molecule has 0 aliphatic rings. The van der Waals surface area contributed by atoms with Crippen LogP contribution in [0.25, 0.3) is 0 Å². The monoisotopic (exact) mass is 188 g/mol. The zero-order valence-corrected chi connectivity index (χ0v) is 6.93. The number of carbonyl (C=O) groups is 2. The van der Waals surface area contributed by atoms with E-state index in [1.54, 1.807) is 0 Å². The molecule has 0 aromatic rings. The maximum atomic E-state index is 10.8. The molecule has 7 N–H and O–H groups in total. The standard InChI is InChI=1S/C6H12N4O3/c7-1-3(5(11)6(12)13)10-4(9)2-8/h3H,1-2,7-8H2,(H2,9,10)(H,12,13). The average Bonchev–Trinajstić information content (AvgIpc) is 2.12. The van der Waals surface area contributed by atoms with Gasteiger partial charge in [-0.3, -0.25) is 9.79 Å². The molecule has 7 nitrogen and oxygen atoms in total. The van der Waals surface area contributed by atoms with Gasteiger partial charge in [0.05, 0.1) is 6.54 Å². The summed E-state index contributed by atoms with van der Waals surface area (Å²) in [4.78, 5) is 24.6. The number of carboxylic acids is 1. The van der Waals surface area contributed by atoms with E-state index in [1.807, 2.05) is 0 Å². The number of aliphatic carboxylic acids is 1. The summed E-state index contributed by atoms with van der Waals surface area (Å²) in [6.45, 7) is -0.241. The van der Waals surface area contributed by atoms with Gasteiger partial charge in [-0.25, -0.2) is 4.79 Å². The molecule has 0 radical (unpaired) electrons. The Morgan fingerprint density at radius 1 is 1.38 bits per heavy atom. The molecule has 0 saturated carbocycles. The van der Waals surface area contributed by atoms with Gasteiger partial charge in [0.1, 0.15) is 11.9 Å². The number of carbonyl (C=O) groups excluding carboxylic acids is 1. The Kier molecular flexibility index (Phi) is 4.63. The van der Waals surface area contributed by atoms with Gasteiger partial charge in [0, 0.05) is 6.54 Å². The van der Waals surface area contributed by atoms with Crippen molar-refractivity contribution in [3.05, 3.63) is 0 Å². The first kappa shape index (κ1) is 11.5. The van der Waals surface area contributed by atoms with Gasteiger partial charge in [-0.15, -0.1) is 0 Å². The van der Waals surface area contributed by atoms with Crippen molar-refractivity contribution in [3.63, 3.8) is 0 Å². The number of ketones is 1. The van der Waals surface area contributed by atoms with Crippen LogP contribution in [0, 0.1) is 0 Å². The van der Waals surface area contributed by atoms with E-state index in [0.29, 0.717) is 0 Å². The van der Waals surface area contributed by atoms with E-state index in [2.05, 4.69) is 4.99 Å². The molecule has 0 aliphatic carbocycles. The van der Waals surface area contributed by atoms with Crippen molar-refractivity contribution in [3.8, 4) is 0 Å². The van der Waals surface area contributed by atoms with E-state index in [0.717, 1.165) is 0 Å². The number of hydrogen-bond acceptors (Lipinski definition) is 5. The van der Waals surface area contributed by atoms with E-state index < -0.39 is 17.8 Å². The van der Waals surface area contributed by atoms with Gasteiger partial charge in [0.25, 0.3) is 5.78 Å². The Morgan fingerprint density at radius 2 is 1.92 bits per heavy atom. The normalized spacial score (nSPS) is 13.8. The fraction of sp³-hybridized carbons (Fsp3) is 0.500. The maximum absolute atomic E-state index is 10.8. The molecule has 0 aromatic carbocycles. The van der Waals surface area contributed by atoms with E-state index in [4.69, 9.17) is 22.3 Å². The Morgan fingerprint density at radius 3 is 2.23 bits per heavy atom. The average molecular weight is 188 g/mol. The highest BCUT2D eigenvalue weighted by Crippen LogP contribution is 1.91. The number of hydrogen-bond donors (Lipinski definition) is 4. The van der Waals surface area contributed by atoms with Gasteiger partial charge < -0.3 is 22.3 Å². The van der Waals surface area contributed by atoms with E-state index in [-0.39, 0.29) is 18.9 Å². The molecule has 0 spiro atoms. The quantitative estimate of drug-likeness (QED) is 0.209. The van der Waals surface area contributed by atoms with Crippen LogP contribution in [0.4, 0.5) is 0 Å². The van der Waals surface area contributed by atoms with Crippen LogP contribution in [-0.2, 0) is 9.59 Å². The van der Waals surface area contributed by atoms with Crippen molar-refractivity contribution in [2.75, 3.05) is 13.1 Å². The molecule has 0 aliphatic heterocycles. The van der Waals surface area contributed by atoms with Crippen LogP contribution in [0.3, 0.4) is 0 Å². The number of amidine groups is 1. The van der Waals surface area contributed by atoms with Crippen LogP contribution in [0.15, 0.2) is 4.99 Å². The van der Waals surface area contributed by atoms with E-state index in [1.165, 1.54) is 0 Å². The van der Waals surface area contributed by atoms with Crippen LogP contribution >= 0.6 is 0 Å². The summed E-state index contributed by atoms with van der Waals surface area (Å²) in [6.07, 6.45) is 0. The highest BCUT2D eigenvalue weighted by atomic mass is 16.4. The van der Waals surface area contributed by atoms with Gasteiger partial charge >= 0.3 is 5.97 Å². The van der Waals surface area contributed by atoms with Gasteiger partial charge in [-0.1, -0.05) is 0 Å². The van der Waals surface area contributed by atoms with Crippen molar-refractivity contribution in [1.29, 1.82) is 0 Å². The third kappa shape index (κ3) is 3.63. The summed E-state index contributed by atoms with van der Waals surface area (Å²) in [5, 5.41) is 8.32. The zero-order valence-electron chi connectivity index (χ0n) is 6.93. The molecular weight excluding hydrogens is 176 g/mol. The molecule has 7 heteroatoms. The first-order chi connectivity index (χ1) is 6.02. The molecule has 13 heavy (non-hydrogen) atoms. The van der Waals surface area contributed by atoms with E-state index in [9.17, 15) is 9.59 Å². The first-order valence-electron chi connectivity index (χ1n) is 3.52. The highest BCUT2D eigenvalue weighted by molar-refractivity contribution is 6.35. The van der Waals surface area contributed by atoms with Gasteiger partial charge in [0.2, 0.25) is 0 Å². The maximum Gasteiger partial charge on any atom is 0.374 e. The molecule has 0 heterocycles. The molecule has 0 amide bonds. The lowest BCUT2D eigenvalue weighted by Crippen LogP contribution is -2.36.